The summed E-state index contributed by atoms with van der Waals surface area (Å²) in [5.74, 6) is 1.46. The molecule has 5 heteroatoms. The molecule has 1 aliphatic rings. The maximum absolute atomic E-state index is 12.7. The summed E-state index contributed by atoms with van der Waals surface area (Å²) in [6.45, 7) is 7.59. The Morgan fingerprint density at radius 3 is 2.45 bits per heavy atom. The molecule has 1 amide bonds. The number of carbonyl (C=O) groups excluding carboxylic acids is 1. The second-order valence-electron chi connectivity index (χ2n) is 6.10. The van der Waals surface area contributed by atoms with Crippen LogP contribution in [0.2, 0.25) is 0 Å². The summed E-state index contributed by atoms with van der Waals surface area (Å²) < 4.78 is 0. The summed E-state index contributed by atoms with van der Waals surface area (Å²) in [5.41, 5.74) is 0.509. The Morgan fingerprint density at radius 2 is 1.86 bits per heavy atom. The molecule has 122 valence electrons. The highest BCUT2D eigenvalue weighted by Crippen LogP contribution is 2.22. The molecule has 0 radical (unpaired) electrons. The average molecular weight is 304 g/mol. The first-order valence-electron chi connectivity index (χ1n) is 8.55. The summed E-state index contributed by atoms with van der Waals surface area (Å²) in [7, 11) is 0. The highest BCUT2D eigenvalue weighted by atomic mass is 16.2. The maximum atomic E-state index is 12.7. The second-order valence-corrected chi connectivity index (χ2v) is 6.10. The fourth-order valence-corrected chi connectivity index (χ4v) is 3.05. The molecule has 1 aliphatic carbocycles. The van der Waals surface area contributed by atoms with Gasteiger partial charge in [-0.1, -0.05) is 26.7 Å². The lowest BCUT2D eigenvalue weighted by molar-refractivity contribution is 0.0749. The van der Waals surface area contributed by atoms with Gasteiger partial charge in [-0.05, 0) is 32.6 Å². The predicted molar refractivity (Wildman–Crippen MR) is 89.1 cm³/mol. The van der Waals surface area contributed by atoms with Gasteiger partial charge in [-0.25, -0.2) is 9.97 Å². The lowest BCUT2D eigenvalue weighted by Gasteiger charge is -2.21. The average Bonchev–Trinajstić information content (AvgIpc) is 2.98. The van der Waals surface area contributed by atoms with Gasteiger partial charge in [-0.2, -0.15) is 0 Å². The zero-order valence-electron chi connectivity index (χ0n) is 14.1. The third-order valence-corrected chi connectivity index (χ3v) is 4.04. The molecular weight excluding hydrogens is 276 g/mol. The third-order valence-electron chi connectivity index (χ3n) is 4.04. The number of nitrogens with zero attached hydrogens (tertiary/aromatic N) is 3. The van der Waals surface area contributed by atoms with Crippen molar-refractivity contribution in [3.63, 3.8) is 0 Å². The molecule has 0 unspecified atom stereocenters. The van der Waals surface area contributed by atoms with Crippen LogP contribution in [-0.4, -0.2) is 39.9 Å². The Bertz CT molecular complexity index is 491. The third kappa shape index (κ3) is 4.42. The number of amides is 1. The van der Waals surface area contributed by atoms with Crippen molar-refractivity contribution in [3.8, 4) is 0 Å². The number of anilines is 1. The molecule has 0 aromatic carbocycles. The molecule has 0 aliphatic heterocycles. The van der Waals surface area contributed by atoms with Crippen LogP contribution in [0.4, 0.5) is 5.82 Å². The topological polar surface area (TPSA) is 58.1 Å². The summed E-state index contributed by atoms with van der Waals surface area (Å²) in [6, 6.07) is 2.30. The Kier molecular flexibility index (Phi) is 6.16. The molecule has 1 aromatic rings. The summed E-state index contributed by atoms with van der Waals surface area (Å²) >= 11 is 0. The largest absolute Gasteiger partial charge is 0.367 e. The van der Waals surface area contributed by atoms with Crippen LogP contribution < -0.4 is 5.32 Å². The molecule has 2 rings (SSSR count). The normalized spacial score (nSPS) is 15.0. The molecule has 1 heterocycles. The van der Waals surface area contributed by atoms with E-state index in [9.17, 15) is 4.79 Å². The van der Waals surface area contributed by atoms with E-state index in [2.05, 4.69) is 29.1 Å². The van der Waals surface area contributed by atoms with Gasteiger partial charge in [0.15, 0.2) is 0 Å². The molecule has 0 saturated heterocycles. The van der Waals surface area contributed by atoms with Crippen molar-refractivity contribution in [1.29, 1.82) is 0 Å². The lowest BCUT2D eigenvalue weighted by atomic mass is 10.2. The number of nitrogens with one attached hydrogen (secondary N) is 1. The van der Waals surface area contributed by atoms with Gasteiger partial charge in [-0.15, -0.1) is 0 Å². The molecule has 0 spiro atoms. The standard InChI is InChI=1S/C17H28N4O/c1-4-10-21(11-5-2)17(22)15-12-16(19-13(3)18-15)20-14-8-6-7-9-14/h12,14H,4-11H2,1-3H3,(H,18,19,20). The molecule has 5 nitrogen and oxygen atoms in total. The predicted octanol–water partition coefficient (Wildman–Crippen LogP) is 3.40. The summed E-state index contributed by atoms with van der Waals surface area (Å²) in [6.07, 6.45) is 6.84. The van der Waals surface area contributed by atoms with Gasteiger partial charge >= 0.3 is 0 Å². The van der Waals surface area contributed by atoms with E-state index in [1.165, 1.54) is 25.7 Å². The smallest absolute Gasteiger partial charge is 0.272 e. The van der Waals surface area contributed by atoms with E-state index in [4.69, 9.17) is 0 Å². The molecule has 0 atom stereocenters. The second kappa shape index (κ2) is 8.11. The zero-order valence-corrected chi connectivity index (χ0v) is 14.1. The van der Waals surface area contributed by atoms with Crippen molar-refractivity contribution in [2.24, 2.45) is 0 Å². The number of rotatable bonds is 7. The van der Waals surface area contributed by atoms with Crippen molar-refractivity contribution >= 4 is 11.7 Å². The van der Waals surface area contributed by atoms with Gasteiger partial charge in [0.2, 0.25) is 0 Å². The van der Waals surface area contributed by atoms with Crippen LogP contribution in [0.25, 0.3) is 0 Å². The number of hydrogen-bond acceptors (Lipinski definition) is 4. The van der Waals surface area contributed by atoms with Crippen molar-refractivity contribution < 1.29 is 4.79 Å². The molecule has 0 bridgehead atoms. The Balaban J connectivity index is 2.14. The van der Waals surface area contributed by atoms with Crippen LogP contribution in [0, 0.1) is 6.92 Å². The quantitative estimate of drug-likeness (QED) is 0.838. The van der Waals surface area contributed by atoms with Crippen LogP contribution in [0.3, 0.4) is 0 Å². The number of hydrogen-bond donors (Lipinski definition) is 1. The number of aryl methyl sites for hydroxylation is 1. The molecule has 1 fully saturated rings. The maximum Gasteiger partial charge on any atom is 0.272 e. The molecule has 1 saturated carbocycles. The fourth-order valence-electron chi connectivity index (χ4n) is 3.05. The SMILES string of the molecule is CCCN(CCC)C(=O)c1cc(NC2CCCC2)nc(C)n1. The summed E-state index contributed by atoms with van der Waals surface area (Å²) in [5, 5.41) is 3.46. The van der Waals surface area contributed by atoms with Gasteiger partial charge < -0.3 is 10.2 Å². The van der Waals surface area contributed by atoms with Crippen LogP contribution >= 0.6 is 0 Å². The van der Waals surface area contributed by atoms with E-state index < -0.39 is 0 Å². The first kappa shape index (κ1) is 16.7. The first-order valence-corrected chi connectivity index (χ1v) is 8.55. The van der Waals surface area contributed by atoms with Crippen LogP contribution in [0.1, 0.15) is 68.7 Å². The Hall–Kier alpha value is -1.65. The molecule has 22 heavy (non-hydrogen) atoms. The number of aromatic nitrogens is 2. The Labute approximate surface area is 133 Å². The van der Waals surface area contributed by atoms with E-state index in [0.29, 0.717) is 17.6 Å². The molecule has 1 N–H and O–H groups in total. The van der Waals surface area contributed by atoms with E-state index in [-0.39, 0.29) is 5.91 Å². The fraction of sp³-hybridized carbons (Fsp3) is 0.706. The molecular formula is C17H28N4O. The van der Waals surface area contributed by atoms with Crippen LogP contribution in [-0.2, 0) is 0 Å². The summed E-state index contributed by atoms with van der Waals surface area (Å²) in [4.78, 5) is 23.4. The minimum absolute atomic E-state index is 0.0173. The van der Waals surface area contributed by atoms with Crippen molar-refractivity contribution in [2.45, 2.75) is 65.3 Å². The highest BCUT2D eigenvalue weighted by molar-refractivity contribution is 5.93. The molecule has 1 aromatic heterocycles. The monoisotopic (exact) mass is 304 g/mol. The minimum Gasteiger partial charge on any atom is -0.367 e. The van der Waals surface area contributed by atoms with E-state index in [0.717, 1.165) is 31.7 Å². The van der Waals surface area contributed by atoms with Crippen molar-refractivity contribution in [3.05, 3.63) is 17.6 Å². The van der Waals surface area contributed by atoms with Crippen molar-refractivity contribution in [2.75, 3.05) is 18.4 Å². The van der Waals surface area contributed by atoms with E-state index in [1.807, 2.05) is 17.9 Å². The van der Waals surface area contributed by atoms with Crippen molar-refractivity contribution in [1.82, 2.24) is 14.9 Å². The van der Waals surface area contributed by atoms with Gasteiger partial charge in [0.1, 0.15) is 17.3 Å². The van der Waals surface area contributed by atoms with E-state index in [1.54, 1.807) is 0 Å². The zero-order chi connectivity index (χ0) is 15.9. The van der Waals surface area contributed by atoms with Gasteiger partial charge in [0.25, 0.3) is 5.91 Å². The Morgan fingerprint density at radius 1 is 1.23 bits per heavy atom. The minimum atomic E-state index is 0.0173. The number of carbonyl (C=O) groups is 1. The van der Waals surface area contributed by atoms with Crippen LogP contribution in [0.15, 0.2) is 6.07 Å². The van der Waals surface area contributed by atoms with Crippen LogP contribution in [0.5, 0.6) is 0 Å². The highest BCUT2D eigenvalue weighted by Gasteiger charge is 2.19. The van der Waals surface area contributed by atoms with Gasteiger partial charge in [0.05, 0.1) is 0 Å². The lowest BCUT2D eigenvalue weighted by Crippen LogP contribution is -2.33. The van der Waals surface area contributed by atoms with Gasteiger partial charge in [0, 0.05) is 25.2 Å². The first-order chi connectivity index (χ1) is 10.6. The van der Waals surface area contributed by atoms with Gasteiger partial charge in [-0.3, -0.25) is 4.79 Å². The van der Waals surface area contributed by atoms with E-state index >= 15 is 0 Å².